The monoisotopic (exact) mass is 470 g/mol. The van der Waals surface area contributed by atoms with Crippen LogP contribution in [0.25, 0.3) is 0 Å². The number of phenolic OH excluding ortho intramolecular Hbond substituents is 1. The fourth-order valence-electron chi connectivity index (χ4n) is 6.21. The van der Waals surface area contributed by atoms with Crippen LogP contribution in [0, 0.1) is 13.8 Å². The average molecular weight is 471 g/mol. The molecule has 3 heteroatoms. The molecule has 0 aliphatic heterocycles. The van der Waals surface area contributed by atoms with Gasteiger partial charge in [-0.2, -0.15) is 0 Å². The predicted octanol–water partition coefficient (Wildman–Crippen LogP) is 8.22. The van der Waals surface area contributed by atoms with Gasteiger partial charge in [0, 0.05) is 11.8 Å². The highest BCUT2D eigenvalue weighted by Crippen LogP contribution is 2.44. The number of hydrogen-bond donors (Lipinski definition) is 1. The van der Waals surface area contributed by atoms with E-state index >= 15 is 0 Å². The lowest BCUT2D eigenvalue weighted by molar-refractivity contribution is 0.114. The van der Waals surface area contributed by atoms with E-state index in [1.165, 1.54) is 35.1 Å². The first kappa shape index (κ1) is 23.8. The van der Waals surface area contributed by atoms with Crippen LogP contribution in [0.1, 0.15) is 85.5 Å². The average Bonchev–Trinajstić information content (AvgIpc) is 2.88. The summed E-state index contributed by atoms with van der Waals surface area (Å²) < 4.78 is 13.1. The van der Waals surface area contributed by atoms with Crippen LogP contribution in [0.2, 0.25) is 0 Å². The van der Waals surface area contributed by atoms with E-state index in [0.29, 0.717) is 23.3 Å². The summed E-state index contributed by atoms with van der Waals surface area (Å²) in [6, 6.07) is 23.0. The highest BCUT2D eigenvalue weighted by Gasteiger charge is 2.32. The maximum Gasteiger partial charge on any atom is 0.200 e. The summed E-state index contributed by atoms with van der Waals surface area (Å²) in [5.41, 5.74) is 5.36. The fraction of sp³-hybridized carbons (Fsp3) is 0.438. The van der Waals surface area contributed by atoms with Gasteiger partial charge in [-0.3, -0.25) is 0 Å². The predicted molar refractivity (Wildman–Crippen MR) is 142 cm³/mol. The number of para-hydroxylation sites is 1. The van der Waals surface area contributed by atoms with E-state index in [-0.39, 0.29) is 18.0 Å². The summed E-state index contributed by atoms with van der Waals surface area (Å²) >= 11 is 0. The molecular formula is C32H38O3. The Labute approximate surface area is 210 Å². The van der Waals surface area contributed by atoms with Gasteiger partial charge >= 0.3 is 0 Å². The number of benzene rings is 3. The minimum Gasteiger partial charge on any atom is -0.502 e. The van der Waals surface area contributed by atoms with Crippen LogP contribution < -0.4 is 9.47 Å². The third kappa shape index (κ3) is 5.19. The van der Waals surface area contributed by atoms with Crippen molar-refractivity contribution in [3.05, 3.63) is 89.0 Å². The van der Waals surface area contributed by atoms with E-state index in [1.807, 2.05) is 18.2 Å². The third-order valence-corrected chi connectivity index (χ3v) is 8.10. The molecule has 1 N–H and O–H groups in total. The minimum atomic E-state index is 0.0559. The number of phenols is 1. The van der Waals surface area contributed by atoms with Gasteiger partial charge in [0.25, 0.3) is 0 Å². The van der Waals surface area contributed by atoms with E-state index < -0.39 is 0 Å². The Morgan fingerprint density at radius 2 is 1.00 bits per heavy atom. The molecule has 0 saturated heterocycles. The molecular weight excluding hydrogens is 432 g/mol. The maximum absolute atomic E-state index is 11.2. The van der Waals surface area contributed by atoms with Gasteiger partial charge < -0.3 is 14.6 Å². The van der Waals surface area contributed by atoms with Crippen LogP contribution in [0.5, 0.6) is 17.2 Å². The molecule has 3 nitrogen and oxygen atoms in total. The standard InChI is InChI=1S/C32H38O3/c1-22-12-3-5-14-24(22)26-16-7-9-18-28(26)34-30-20-11-21-31(32(30)33)35-29-19-10-8-17-27(29)25-15-6-4-13-23(25)2/h3-6,11-15,20-21,26-29,33H,7-10,16-19H2,1-2H3/t26-,27-,28+,29+/m0/s1. The summed E-state index contributed by atoms with van der Waals surface area (Å²) in [7, 11) is 0. The molecule has 184 valence electrons. The number of aryl methyl sites for hydroxylation is 2. The number of ether oxygens (including phenoxy) is 2. The van der Waals surface area contributed by atoms with Crippen molar-refractivity contribution < 1.29 is 14.6 Å². The van der Waals surface area contributed by atoms with Crippen LogP contribution in [0.15, 0.2) is 66.7 Å². The van der Waals surface area contributed by atoms with Crippen molar-refractivity contribution in [1.29, 1.82) is 0 Å². The molecule has 0 amide bonds. The summed E-state index contributed by atoms with van der Waals surface area (Å²) in [5.74, 6) is 1.90. The van der Waals surface area contributed by atoms with Gasteiger partial charge in [-0.15, -0.1) is 0 Å². The van der Waals surface area contributed by atoms with Gasteiger partial charge in [0.1, 0.15) is 12.2 Å². The molecule has 2 saturated carbocycles. The largest absolute Gasteiger partial charge is 0.502 e. The molecule has 0 radical (unpaired) electrons. The second-order valence-electron chi connectivity index (χ2n) is 10.4. The molecule has 3 aromatic rings. The lowest BCUT2D eigenvalue weighted by Crippen LogP contribution is -2.30. The van der Waals surface area contributed by atoms with Gasteiger partial charge in [0.2, 0.25) is 5.75 Å². The molecule has 0 aromatic heterocycles. The maximum atomic E-state index is 11.2. The lowest BCUT2D eigenvalue weighted by Gasteiger charge is -2.34. The topological polar surface area (TPSA) is 38.7 Å². The Morgan fingerprint density at radius 3 is 1.46 bits per heavy atom. The van der Waals surface area contributed by atoms with E-state index in [1.54, 1.807) is 0 Å². The van der Waals surface area contributed by atoms with E-state index in [9.17, 15) is 5.11 Å². The highest BCUT2D eigenvalue weighted by molar-refractivity contribution is 5.50. The quantitative estimate of drug-likeness (QED) is 0.394. The van der Waals surface area contributed by atoms with Gasteiger partial charge in [0.15, 0.2) is 11.5 Å². The number of rotatable bonds is 6. The summed E-state index contributed by atoms with van der Waals surface area (Å²) in [6.07, 6.45) is 9.10. The Balaban J connectivity index is 1.36. The van der Waals surface area contributed by atoms with Crippen LogP contribution in [-0.2, 0) is 0 Å². The van der Waals surface area contributed by atoms with Crippen molar-refractivity contribution in [3.8, 4) is 17.2 Å². The Kier molecular flexibility index (Phi) is 7.32. The smallest absolute Gasteiger partial charge is 0.200 e. The molecule has 2 aliphatic rings. The molecule has 2 fully saturated rings. The molecule has 35 heavy (non-hydrogen) atoms. The fourth-order valence-corrected chi connectivity index (χ4v) is 6.21. The van der Waals surface area contributed by atoms with Crippen LogP contribution in [0.4, 0.5) is 0 Å². The lowest BCUT2D eigenvalue weighted by atomic mass is 9.80. The van der Waals surface area contributed by atoms with E-state index in [4.69, 9.17) is 9.47 Å². The Hall–Kier alpha value is -2.94. The van der Waals surface area contributed by atoms with Crippen molar-refractivity contribution >= 4 is 0 Å². The molecule has 4 atom stereocenters. The van der Waals surface area contributed by atoms with Gasteiger partial charge in [-0.25, -0.2) is 0 Å². The summed E-state index contributed by atoms with van der Waals surface area (Å²) in [5, 5.41) is 11.2. The van der Waals surface area contributed by atoms with Crippen molar-refractivity contribution in [3.63, 3.8) is 0 Å². The zero-order valence-electron chi connectivity index (χ0n) is 21.1. The van der Waals surface area contributed by atoms with E-state index in [2.05, 4.69) is 62.4 Å². The zero-order chi connectivity index (χ0) is 24.2. The van der Waals surface area contributed by atoms with Crippen LogP contribution in [0.3, 0.4) is 0 Å². The third-order valence-electron chi connectivity index (χ3n) is 8.10. The first-order chi connectivity index (χ1) is 17.1. The van der Waals surface area contributed by atoms with Crippen molar-refractivity contribution in [1.82, 2.24) is 0 Å². The minimum absolute atomic E-state index is 0.0559. The Bertz CT molecular complexity index is 1050. The SMILES string of the molecule is Cc1ccccc1[C@@H]1CCCC[C@H]1Oc1cccc(O[C@@H]2CCCC[C@H]2c2ccccc2C)c1O. The molecule has 0 heterocycles. The molecule has 3 aromatic carbocycles. The van der Waals surface area contributed by atoms with Crippen molar-refractivity contribution in [2.75, 3.05) is 0 Å². The zero-order valence-corrected chi connectivity index (χ0v) is 21.1. The first-order valence-corrected chi connectivity index (χ1v) is 13.4. The van der Waals surface area contributed by atoms with E-state index in [0.717, 1.165) is 38.5 Å². The molecule has 0 unspecified atom stereocenters. The summed E-state index contributed by atoms with van der Waals surface area (Å²) in [6.45, 7) is 4.37. The van der Waals surface area contributed by atoms with Crippen molar-refractivity contribution in [2.24, 2.45) is 0 Å². The molecule has 0 bridgehead atoms. The Morgan fingerprint density at radius 1 is 0.571 bits per heavy atom. The molecule has 2 aliphatic carbocycles. The molecule has 5 rings (SSSR count). The second kappa shape index (κ2) is 10.8. The van der Waals surface area contributed by atoms with Crippen LogP contribution in [-0.4, -0.2) is 17.3 Å². The van der Waals surface area contributed by atoms with Crippen molar-refractivity contribution in [2.45, 2.75) is 89.3 Å². The molecule has 0 spiro atoms. The summed E-state index contributed by atoms with van der Waals surface area (Å²) in [4.78, 5) is 0. The van der Waals surface area contributed by atoms with Gasteiger partial charge in [-0.05, 0) is 86.8 Å². The van der Waals surface area contributed by atoms with Crippen LogP contribution >= 0.6 is 0 Å². The normalized spacial score (nSPS) is 24.6. The highest BCUT2D eigenvalue weighted by atomic mass is 16.5. The van der Waals surface area contributed by atoms with Gasteiger partial charge in [0.05, 0.1) is 0 Å². The number of hydrogen-bond acceptors (Lipinski definition) is 3. The van der Waals surface area contributed by atoms with Gasteiger partial charge in [-0.1, -0.05) is 67.4 Å². The number of aromatic hydroxyl groups is 1. The second-order valence-corrected chi connectivity index (χ2v) is 10.4. The first-order valence-electron chi connectivity index (χ1n) is 13.4.